The van der Waals surface area contributed by atoms with Gasteiger partial charge in [0, 0.05) is 27.3 Å². The molecule has 2 heterocycles. The molecule has 0 atom stereocenters. The summed E-state index contributed by atoms with van der Waals surface area (Å²) in [5.41, 5.74) is 0.702. The van der Waals surface area contributed by atoms with Gasteiger partial charge in [0.2, 0.25) is 11.7 Å². The molecule has 2 aromatic rings. The van der Waals surface area contributed by atoms with Crippen molar-refractivity contribution < 1.29 is 12.9 Å². The second kappa shape index (κ2) is 5.07. The highest BCUT2D eigenvalue weighted by Crippen LogP contribution is 2.13. The van der Waals surface area contributed by atoms with Crippen LogP contribution in [0, 0.1) is 0 Å². The minimum atomic E-state index is -3.51. The monoisotopic (exact) mass is 286 g/mol. The van der Waals surface area contributed by atoms with Crippen LogP contribution in [-0.4, -0.2) is 46.7 Å². The van der Waals surface area contributed by atoms with Crippen molar-refractivity contribution in [1.82, 2.24) is 28.9 Å². The van der Waals surface area contributed by atoms with Crippen LogP contribution in [0.4, 0.5) is 0 Å². The fraction of sp³-hybridized carbons (Fsp3) is 0.444. The maximum absolute atomic E-state index is 11.5. The van der Waals surface area contributed by atoms with Crippen molar-refractivity contribution in [3.63, 3.8) is 0 Å². The van der Waals surface area contributed by atoms with Gasteiger partial charge in [-0.3, -0.25) is 4.68 Å². The summed E-state index contributed by atoms with van der Waals surface area (Å²) in [6.07, 6.45) is 3.33. The molecule has 0 saturated carbocycles. The van der Waals surface area contributed by atoms with E-state index >= 15 is 0 Å². The van der Waals surface area contributed by atoms with Crippen LogP contribution in [0.2, 0.25) is 0 Å². The topological polar surface area (TPSA) is 106 Å². The van der Waals surface area contributed by atoms with Crippen LogP contribution in [0.5, 0.6) is 0 Å². The third-order valence-corrected chi connectivity index (χ3v) is 3.79. The van der Waals surface area contributed by atoms with Crippen molar-refractivity contribution >= 4 is 10.2 Å². The molecule has 0 radical (unpaired) electrons. The fourth-order valence-corrected chi connectivity index (χ4v) is 1.83. The van der Waals surface area contributed by atoms with Gasteiger partial charge < -0.3 is 4.52 Å². The minimum absolute atomic E-state index is 0.0617. The average Bonchev–Trinajstić information content (AvgIpc) is 2.94. The van der Waals surface area contributed by atoms with Crippen molar-refractivity contribution in [2.24, 2.45) is 7.05 Å². The minimum Gasteiger partial charge on any atom is -0.338 e. The molecule has 2 rings (SSSR count). The van der Waals surface area contributed by atoms with E-state index in [1.165, 1.54) is 14.1 Å². The standard InChI is InChI=1S/C9H14N6O3S/c1-14(2)19(16,17)11-5-8-12-9(13-18-8)7-4-10-15(3)6-7/h4,6,11H,5H2,1-3H3. The predicted octanol–water partition coefficient (Wildman–Crippen LogP) is -0.634. The number of aromatic nitrogens is 4. The van der Waals surface area contributed by atoms with Crippen LogP contribution in [-0.2, 0) is 23.8 Å². The van der Waals surface area contributed by atoms with Gasteiger partial charge >= 0.3 is 0 Å². The Labute approximate surface area is 110 Å². The number of hydrogen-bond donors (Lipinski definition) is 1. The fourth-order valence-electron chi connectivity index (χ4n) is 1.26. The molecule has 0 fully saturated rings. The zero-order valence-electron chi connectivity index (χ0n) is 10.7. The van der Waals surface area contributed by atoms with E-state index in [1.54, 1.807) is 24.1 Å². The zero-order chi connectivity index (χ0) is 14.0. The Morgan fingerprint density at radius 1 is 1.47 bits per heavy atom. The molecular weight excluding hydrogens is 272 g/mol. The molecule has 1 N–H and O–H groups in total. The molecule has 0 aromatic carbocycles. The SMILES string of the molecule is CN(C)S(=O)(=O)NCc1nc(-c2cnn(C)c2)no1. The number of hydrogen-bond acceptors (Lipinski definition) is 6. The summed E-state index contributed by atoms with van der Waals surface area (Å²) >= 11 is 0. The van der Waals surface area contributed by atoms with Crippen molar-refractivity contribution in [2.75, 3.05) is 14.1 Å². The van der Waals surface area contributed by atoms with Gasteiger partial charge in [-0.1, -0.05) is 5.16 Å². The lowest BCUT2D eigenvalue weighted by Crippen LogP contribution is -2.35. The lowest BCUT2D eigenvalue weighted by atomic mass is 10.3. The van der Waals surface area contributed by atoms with Crippen LogP contribution in [0.3, 0.4) is 0 Å². The van der Waals surface area contributed by atoms with Crippen LogP contribution >= 0.6 is 0 Å². The van der Waals surface area contributed by atoms with E-state index in [1.807, 2.05) is 0 Å². The molecule has 0 spiro atoms. The quantitative estimate of drug-likeness (QED) is 0.784. The van der Waals surface area contributed by atoms with Gasteiger partial charge in [0.05, 0.1) is 18.3 Å². The molecular formula is C9H14N6O3S. The maximum Gasteiger partial charge on any atom is 0.279 e. The van der Waals surface area contributed by atoms with Gasteiger partial charge in [-0.25, -0.2) is 0 Å². The summed E-state index contributed by atoms with van der Waals surface area (Å²) in [4.78, 5) is 4.08. The molecule has 0 aliphatic carbocycles. The number of nitrogens with zero attached hydrogens (tertiary/aromatic N) is 5. The van der Waals surface area contributed by atoms with E-state index in [0.29, 0.717) is 11.4 Å². The summed E-state index contributed by atoms with van der Waals surface area (Å²) < 4.78 is 32.9. The third kappa shape index (κ3) is 3.16. The molecule has 19 heavy (non-hydrogen) atoms. The first-order chi connectivity index (χ1) is 8.88. The van der Waals surface area contributed by atoms with Gasteiger partial charge in [0.25, 0.3) is 10.2 Å². The first-order valence-electron chi connectivity index (χ1n) is 5.37. The Hall–Kier alpha value is -1.78. The molecule has 0 bridgehead atoms. The Balaban J connectivity index is 2.06. The molecule has 0 amide bonds. The average molecular weight is 286 g/mol. The molecule has 0 aliphatic heterocycles. The van der Waals surface area contributed by atoms with E-state index in [4.69, 9.17) is 4.52 Å². The number of aryl methyl sites for hydroxylation is 1. The van der Waals surface area contributed by atoms with Gasteiger partial charge in [0.15, 0.2) is 0 Å². The Morgan fingerprint density at radius 2 is 2.21 bits per heavy atom. The second-order valence-corrected chi connectivity index (χ2v) is 5.99. The molecule has 0 saturated heterocycles. The first-order valence-corrected chi connectivity index (χ1v) is 6.81. The Kier molecular flexibility index (Phi) is 3.64. The van der Waals surface area contributed by atoms with E-state index in [-0.39, 0.29) is 12.4 Å². The molecule has 2 aromatic heterocycles. The van der Waals surface area contributed by atoms with Crippen molar-refractivity contribution in [2.45, 2.75) is 6.54 Å². The van der Waals surface area contributed by atoms with E-state index in [9.17, 15) is 8.42 Å². The van der Waals surface area contributed by atoms with Crippen LogP contribution in [0.15, 0.2) is 16.9 Å². The van der Waals surface area contributed by atoms with Crippen LogP contribution in [0.25, 0.3) is 11.4 Å². The summed E-state index contributed by atoms with van der Waals surface area (Å²) in [5.74, 6) is 0.552. The Bertz CT molecular complexity index is 659. The van der Waals surface area contributed by atoms with Gasteiger partial charge in [-0.05, 0) is 0 Å². The summed E-state index contributed by atoms with van der Waals surface area (Å²) in [6, 6.07) is 0. The van der Waals surface area contributed by atoms with Crippen LogP contribution < -0.4 is 4.72 Å². The van der Waals surface area contributed by atoms with Crippen molar-refractivity contribution in [3.8, 4) is 11.4 Å². The van der Waals surface area contributed by atoms with E-state index in [2.05, 4.69) is 20.0 Å². The molecule has 10 heteroatoms. The highest BCUT2D eigenvalue weighted by Gasteiger charge is 2.15. The van der Waals surface area contributed by atoms with Gasteiger partial charge in [-0.15, -0.1) is 0 Å². The summed E-state index contributed by atoms with van der Waals surface area (Å²) in [6.45, 7) is -0.0617. The van der Waals surface area contributed by atoms with Crippen molar-refractivity contribution in [3.05, 3.63) is 18.3 Å². The van der Waals surface area contributed by atoms with Gasteiger partial charge in [-0.2, -0.15) is 27.5 Å². The molecule has 104 valence electrons. The normalized spacial score (nSPS) is 12.2. The molecule has 9 nitrogen and oxygen atoms in total. The van der Waals surface area contributed by atoms with Gasteiger partial charge in [0.1, 0.15) is 0 Å². The second-order valence-electron chi connectivity index (χ2n) is 4.02. The smallest absolute Gasteiger partial charge is 0.279 e. The van der Waals surface area contributed by atoms with Crippen LogP contribution in [0.1, 0.15) is 5.89 Å². The zero-order valence-corrected chi connectivity index (χ0v) is 11.5. The maximum atomic E-state index is 11.5. The number of rotatable bonds is 5. The highest BCUT2D eigenvalue weighted by molar-refractivity contribution is 7.87. The lowest BCUT2D eigenvalue weighted by Gasteiger charge is -2.10. The largest absolute Gasteiger partial charge is 0.338 e. The van der Waals surface area contributed by atoms with Crippen molar-refractivity contribution in [1.29, 1.82) is 0 Å². The van der Waals surface area contributed by atoms with E-state index in [0.717, 1.165) is 4.31 Å². The number of nitrogens with one attached hydrogen (secondary N) is 1. The lowest BCUT2D eigenvalue weighted by molar-refractivity contribution is 0.374. The third-order valence-electron chi connectivity index (χ3n) is 2.32. The summed E-state index contributed by atoms with van der Waals surface area (Å²) in [7, 11) is 1.12. The summed E-state index contributed by atoms with van der Waals surface area (Å²) in [5, 5.41) is 7.74. The Morgan fingerprint density at radius 3 is 2.79 bits per heavy atom. The first kappa shape index (κ1) is 13.6. The molecule has 0 aliphatic rings. The molecule has 0 unspecified atom stereocenters. The van der Waals surface area contributed by atoms with E-state index < -0.39 is 10.2 Å². The predicted molar refractivity (Wildman–Crippen MR) is 65.9 cm³/mol. The highest BCUT2D eigenvalue weighted by atomic mass is 32.2.